The minimum atomic E-state index is -0.595. The van der Waals surface area contributed by atoms with Crippen LogP contribution < -0.4 is 5.56 Å². The number of pyridine rings is 1. The summed E-state index contributed by atoms with van der Waals surface area (Å²) < 4.78 is 2.04. The van der Waals surface area contributed by atoms with Gasteiger partial charge in [0.2, 0.25) is 5.88 Å². The van der Waals surface area contributed by atoms with Crippen molar-refractivity contribution in [3.63, 3.8) is 0 Å². The molecular weight excluding hydrogens is 364 g/mol. The molecule has 2 heterocycles. The van der Waals surface area contributed by atoms with Crippen molar-refractivity contribution < 1.29 is 9.90 Å². The highest BCUT2D eigenvalue weighted by Crippen LogP contribution is 2.36. The third-order valence-corrected chi connectivity index (χ3v) is 3.67. The number of aromatic amines is 1. The van der Waals surface area contributed by atoms with Gasteiger partial charge in [0.1, 0.15) is 6.54 Å². The van der Waals surface area contributed by atoms with Crippen molar-refractivity contribution in [1.82, 2.24) is 9.55 Å². The van der Waals surface area contributed by atoms with Crippen LogP contribution in [0.4, 0.5) is 5.69 Å². The molecule has 3 rings (SSSR count). The van der Waals surface area contributed by atoms with Crippen molar-refractivity contribution >= 4 is 38.4 Å². The first-order chi connectivity index (χ1) is 11.0. The Bertz CT molecular complexity index is 974. The van der Waals surface area contributed by atoms with E-state index in [1.54, 1.807) is 24.3 Å². The number of aromatic hydroxyl groups is 1. The van der Waals surface area contributed by atoms with Crippen LogP contribution in [0.5, 0.6) is 5.88 Å². The lowest BCUT2D eigenvalue weighted by molar-refractivity contribution is -0.118. The summed E-state index contributed by atoms with van der Waals surface area (Å²) in [6.07, 6.45) is 1.50. The van der Waals surface area contributed by atoms with E-state index in [4.69, 9.17) is 0 Å². The third kappa shape index (κ3) is 3.21. The number of amides is 1. The number of nitrogens with zero attached hydrogens (tertiary/aromatic N) is 3. The van der Waals surface area contributed by atoms with Gasteiger partial charge in [-0.05, 0) is 24.3 Å². The van der Waals surface area contributed by atoms with Crippen LogP contribution in [-0.2, 0) is 11.3 Å². The van der Waals surface area contributed by atoms with E-state index in [0.29, 0.717) is 10.9 Å². The molecule has 0 radical (unpaired) electrons. The molecule has 0 unspecified atom stereocenters. The Labute approximate surface area is 138 Å². The number of H-pyrrole nitrogens is 1. The summed E-state index contributed by atoms with van der Waals surface area (Å²) in [6, 6.07) is 9.93. The fourth-order valence-corrected chi connectivity index (χ4v) is 2.47. The van der Waals surface area contributed by atoms with Crippen LogP contribution in [0, 0.1) is 0 Å². The maximum atomic E-state index is 11.9. The smallest absolute Gasteiger partial charge is 0.284 e. The van der Waals surface area contributed by atoms with Crippen LogP contribution in [-0.4, -0.2) is 20.6 Å². The predicted octanol–water partition coefficient (Wildman–Crippen LogP) is 3.11. The first-order valence-corrected chi connectivity index (χ1v) is 7.44. The van der Waals surface area contributed by atoms with Crippen LogP contribution in [0.25, 0.3) is 10.9 Å². The van der Waals surface area contributed by atoms with E-state index >= 15 is 0 Å². The molecule has 0 atom stereocenters. The number of fused-ring (bicyclic) bond motifs is 1. The van der Waals surface area contributed by atoms with E-state index in [0.717, 1.165) is 4.47 Å². The molecule has 8 heteroatoms. The topological polar surface area (TPSA) is 99.8 Å². The number of azo groups is 1. The van der Waals surface area contributed by atoms with Gasteiger partial charge in [0.25, 0.3) is 11.5 Å². The van der Waals surface area contributed by atoms with Gasteiger partial charge in [-0.15, -0.1) is 10.2 Å². The highest BCUT2D eigenvalue weighted by Gasteiger charge is 2.11. The number of rotatable bonds is 3. The highest BCUT2D eigenvalue weighted by atomic mass is 79.9. The van der Waals surface area contributed by atoms with Crippen molar-refractivity contribution in [2.24, 2.45) is 10.2 Å². The number of carbonyl (C=O) groups excluding carboxylic acids is 1. The molecule has 23 heavy (non-hydrogen) atoms. The Kier molecular flexibility index (Phi) is 4.07. The molecule has 0 fully saturated rings. The summed E-state index contributed by atoms with van der Waals surface area (Å²) >= 11 is 3.34. The molecule has 7 nitrogen and oxygen atoms in total. The van der Waals surface area contributed by atoms with Crippen LogP contribution in [0.3, 0.4) is 0 Å². The van der Waals surface area contributed by atoms with Gasteiger partial charge in [0.15, 0.2) is 5.69 Å². The van der Waals surface area contributed by atoms with E-state index in [-0.39, 0.29) is 23.7 Å². The number of hydrogen-bond acceptors (Lipinski definition) is 4. The van der Waals surface area contributed by atoms with Crippen LogP contribution in [0.15, 0.2) is 62.1 Å². The maximum Gasteiger partial charge on any atom is 0.284 e. The van der Waals surface area contributed by atoms with E-state index < -0.39 is 5.91 Å². The van der Waals surface area contributed by atoms with Gasteiger partial charge in [-0.25, -0.2) is 0 Å². The van der Waals surface area contributed by atoms with Gasteiger partial charge < -0.3 is 14.7 Å². The Morgan fingerprint density at radius 2 is 2.13 bits per heavy atom. The third-order valence-electron chi connectivity index (χ3n) is 3.18. The predicted molar refractivity (Wildman–Crippen MR) is 87.9 cm³/mol. The quantitative estimate of drug-likeness (QED) is 0.688. The molecule has 0 saturated heterocycles. The summed E-state index contributed by atoms with van der Waals surface area (Å²) in [5.74, 6) is -0.770. The lowest BCUT2D eigenvalue weighted by atomic mass is 10.2. The average molecular weight is 375 g/mol. The zero-order valence-electron chi connectivity index (χ0n) is 11.7. The van der Waals surface area contributed by atoms with E-state index in [1.165, 1.54) is 16.8 Å². The monoisotopic (exact) mass is 374 g/mol. The van der Waals surface area contributed by atoms with Gasteiger partial charge in [0, 0.05) is 22.1 Å². The van der Waals surface area contributed by atoms with E-state index in [9.17, 15) is 14.7 Å². The van der Waals surface area contributed by atoms with Gasteiger partial charge >= 0.3 is 0 Å². The summed E-state index contributed by atoms with van der Waals surface area (Å²) in [6.45, 7) is -0.212. The van der Waals surface area contributed by atoms with Crippen LogP contribution in [0.2, 0.25) is 0 Å². The summed E-state index contributed by atoms with van der Waals surface area (Å²) in [7, 11) is 0. The highest BCUT2D eigenvalue weighted by molar-refractivity contribution is 9.10. The molecule has 116 valence electrons. The first kappa shape index (κ1) is 15.2. The molecule has 0 aliphatic rings. The standard InChI is InChI=1S/C15H11BrN4O3/c16-9-4-5-11-10(7-9)14(15(23)17-11)19-18-12(21)8-20-6-2-1-3-13(20)22/h1-7,17,23H,8H2. The largest absolute Gasteiger partial charge is 0.493 e. The van der Waals surface area contributed by atoms with E-state index in [1.807, 2.05) is 6.07 Å². The van der Waals surface area contributed by atoms with Crippen molar-refractivity contribution in [3.8, 4) is 5.88 Å². The fourth-order valence-electron chi connectivity index (χ4n) is 2.11. The average Bonchev–Trinajstić information content (AvgIpc) is 2.82. The van der Waals surface area contributed by atoms with Crippen molar-refractivity contribution in [2.45, 2.75) is 6.54 Å². The fraction of sp³-hybridized carbons (Fsp3) is 0.0667. The number of benzene rings is 1. The molecule has 0 aliphatic carbocycles. The number of aromatic nitrogens is 2. The molecule has 0 aliphatic heterocycles. The normalized spacial score (nSPS) is 11.3. The summed E-state index contributed by atoms with van der Waals surface area (Å²) in [5.41, 5.74) is 0.552. The Morgan fingerprint density at radius 3 is 2.91 bits per heavy atom. The first-order valence-electron chi connectivity index (χ1n) is 6.65. The molecule has 0 bridgehead atoms. The Morgan fingerprint density at radius 1 is 1.30 bits per heavy atom. The van der Waals surface area contributed by atoms with Crippen molar-refractivity contribution in [3.05, 3.63) is 57.4 Å². The molecule has 2 N–H and O–H groups in total. The lowest BCUT2D eigenvalue weighted by Crippen LogP contribution is -2.21. The van der Waals surface area contributed by atoms with E-state index in [2.05, 4.69) is 31.1 Å². The molecule has 2 aromatic heterocycles. The van der Waals surface area contributed by atoms with Crippen LogP contribution >= 0.6 is 15.9 Å². The molecule has 3 aromatic rings. The number of hydrogen-bond donors (Lipinski definition) is 2. The molecular formula is C15H11BrN4O3. The van der Waals surface area contributed by atoms with Crippen LogP contribution in [0.1, 0.15) is 0 Å². The van der Waals surface area contributed by atoms with Gasteiger partial charge in [-0.1, -0.05) is 22.0 Å². The zero-order chi connectivity index (χ0) is 16.4. The summed E-state index contributed by atoms with van der Waals surface area (Å²) in [5, 5.41) is 17.9. The second kappa shape index (κ2) is 6.17. The molecule has 0 saturated carbocycles. The number of halogens is 1. The van der Waals surface area contributed by atoms with Gasteiger partial charge in [0.05, 0.1) is 5.52 Å². The number of carbonyl (C=O) groups is 1. The van der Waals surface area contributed by atoms with Crippen molar-refractivity contribution in [2.75, 3.05) is 0 Å². The molecule has 1 amide bonds. The van der Waals surface area contributed by atoms with Gasteiger partial charge in [-0.3, -0.25) is 9.59 Å². The lowest BCUT2D eigenvalue weighted by Gasteiger charge is -1.99. The van der Waals surface area contributed by atoms with Crippen molar-refractivity contribution in [1.29, 1.82) is 0 Å². The Hall–Kier alpha value is -2.74. The van der Waals surface area contributed by atoms with Gasteiger partial charge in [-0.2, -0.15) is 0 Å². The minimum absolute atomic E-state index is 0.175. The maximum absolute atomic E-state index is 11.9. The summed E-state index contributed by atoms with van der Waals surface area (Å²) in [4.78, 5) is 26.1. The second-order valence-electron chi connectivity index (χ2n) is 4.77. The Balaban J connectivity index is 1.87. The number of nitrogens with one attached hydrogen (secondary N) is 1. The second-order valence-corrected chi connectivity index (χ2v) is 5.69. The minimum Gasteiger partial charge on any atom is -0.493 e. The molecule has 0 spiro atoms. The molecule has 1 aromatic carbocycles. The zero-order valence-corrected chi connectivity index (χ0v) is 13.3. The SMILES string of the molecule is O=C(Cn1ccccc1=O)N=Nc1c(O)[nH]c2ccc(Br)cc12.